The van der Waals surface area contributed by atoms with Crippen LogP contribution < -0.4 is 10.5 Å². The fourth-order valence-corrected chi connectivity index (χ4v) is 1.96. The highest BCUT2D eigenvalue weighted by Gasteiger charge is 2.06. The highest BCUT2D eigenvalue weighted by Crippen LogP contribution is 2.11. The van der Waals surface area contributed by atoms with Crippen LogP contribution in [-0.4, -0.2) is 0 Å². The second kappa shape index (κ2) is 4.83. The molecule has 0 radical (unpaired) electrons. The van der Waals surface area contributed by atoms with E-state index >= 15 is 0 Å². The Hall–Kier alpha value is -2.79. The van der Waals surface area contributed by atoms with Gasteiger partial charge in [0.15, 0.2) is 0 Å². The van der Waals surface area contributed by atoms with Crippen molar-refractivity contribution in [3.8, 4) is 11.8 Å². The van der Waals surface area contributed by atoms with Crippen molar-refractivity contribution in [2.75, 3.05) is 5.84 Å². The molecule has 2 N–H and O–H groups in total. The van der Waals surface area contributed by atoms with Gasteiger partial charge in [0.1, 0.15) is 0 Å². The second-order valence-electron chi connectivity index (χ2n) is 4.31. The number of benzene rings is 2. The summed E-state index contributed by atoms with van der Waals surface area (Å²) in [5.74, 6) is 12.2. The number of nitrogen functional groups attached to an aromatic ring is 1. The van der Waals surface area contributed by atoms with Gasteiger partial charge in [0.25, 0.3) is 5.69 Å². The van der Waals surface area contributed by atoms with Gasteiger partial charge in [-0.15, -0.1) is 0 Å². The first kappa shape index (κ1) is 11.3. The predicted octanol–water partition coefficient (Wildman–Crippen LogP) is 2.24. The summed E-state index contributed by atoms with van der Waals surface area (Å²) >= 11 is 0. The molecule has 0 fully saturated rings. The smallest absolute Gasteiger partial charge is 0.204 e. The average molecular weight is 245 g/mol. The Balaban J connectivity index is 2.06. The summed E-state index contributed by atoms with van der Waals surface area (Å²) < 4.78 is 1.57. The van der Waals surface area contributed by atoms with E-state index in [1.807, 2.05) is 60.8 Å². The molecule has 0 bridgehead atoms. The molecular weight excluding hydrogens is 232 g/mol. The van der Waals surface area contributed by atoms with E-state index in [1.165, 1.54) is 0 Å². The summed E-state index contributed by atoms with van der Waals surface area (Å²) in [4.78, 5) is 0. The van der Waals surface area contributed by atoms with Crippen molar-refractivity contribution >= 4 is 10.8 Å². The van der Waals surface area contributed by atoms with Crippen LogP contribution in [0.1, 0.15) is 11.3 Å². The first-order valence-corrected chi connectivity index (χ1v) is 6.09. The Labute approximate surface area is 112 Å². The van der Waals surface area contributed by atoms with Gasteiger partial charge in [-0.1, -0.05) is 47.0 Å². The number of nitrogens with zero attached hydrogens (tertiary/aromatic N) is 1. The van der Waals surface area contributed by atoms with Crippen LogP contribution >= 0.6 is 0 Å². The van der Waals surface area contributed by atoms with Gasteiger partial charge in [0.05, 0.1) is 0 Å². The lowest BCUT2D eigenvalue weighted by molar-refractivity contribution is -0.640. The first-order valence-electron chi connectivity index (χ1n) is 6.09. The van der Waals surface area contributed by atoms with E-state index in [1.54, 1.807) is 4.68 Å². The molecule has 3 aromatic rings. The molecule has 90 valence electrons. The van der Waals surface area contributed by atoms with Crippen molar-refractivity contribution in [3.05, 3.63) is 78.1 Å². The van der Waals surface area contributed by atoms with E-state index in [-0.39, 0.29) is 0 Å². The highest BCUT2D eigenvalue weighted by molar-refractivity contribution is 5.81. The molecule has 0 aliphatic rings. The van der Waals surface area contributed by atoms with Crippen molar-refractivity contribution in [1.82, 2.24) is 0 Å². The van der Waals surface area contributed by atoms with Gasteiger partial charge in [-0.3, -0.25) is 0 Å². The van der Waals surface area contributed by atoms with Crippen LogP contribution in [0.3, 0.4) is 0 Å². The van der Waals surface area contributed by atoms with Gasteiger partial charge in [-0.05, 0) is 23.6 Å². The van der Waals surface area contributed by atoms with Crippen LogP contribution in [-0.2, 0) is 0 Å². The highest BCUT2D eigenvalue weighted by atomic mass is 15.3. The lowest BCUT2D eigenvalue weighted by Gasteiger charge is -1.96. The molecule has 0 aliphatic heterocycles. The molecule has 0 saturated heterocycles. The number of aromatic nitrogens is 1. The van der Waals surface area contributed by atoms with Crippen molar-refractivity contribution in [2.45, 2.75) is 0 Å². The molecule has 1 heterocycles. The van der Waals surface area contributed by atoms with Crippen molar-refractivity contribution in [3.63, 3.8) is 0 Å². The molecule has 2 aromatic carbocycles. The normalized spacial score (nSPS) is 9.89. The van der Waals surface area contributed by atoms with Gasteiger partial charge in [0.2, 0.25) is 6.20 Å². The Kier molecular flexibility index (Phi) is 2.88. The third kappa shape index (κ3) is 2.41. The Morgan fingerprint density at radius 1 is 0.789 bits per heavy atom. The average Bonchev–Trinajstić information content (AvgIpc) is 2.46. The molecule has 3 rings (SSSR count). The molecule has 0 unspecified atom stereocenters. The topological polar surface area (TPSA) is 29.9 Å². The molecule has 0 aliphatic carbocycles. The Morgan fingerprint density at radius 3 is 2.26 bits per heavy atom. The zero-order valence-corrected chi connectivity index (χ0v) is 10.4. The minimum absolute atomic E-state index is 0.794. The van der Waals surface area contributed by atoms with E-state index < -0.39 is 0 Å². The fraction of sp³-hybridized carbons (Fsp3) is 0. The van der Waals surface area contributed by atoms with E-state index in [9.17, 15) is 0 Å². The summed E-state index contributed by atoms with van der Waals surface area (Å²) in [5.41, 5.74) is 1.78. The third-order valence-corrected chi connectivity index (χ3v) is 2.95. The molecular formula is C17H13N2+. The largest absolute Gasteiger partial charge is 0.286 e. The van der Waals surface area contributed by atoms with Gasteiger partial charge in [-0.25, -0.2) is 5.84 Å². The number of nitrogens with two attached hydrogens (primary N) is 1. The minimum atomic E-state index is 0.794. The number of rotatable bonds is 0. The molecule has 0 amide bonds. The fourth-order valence-electron chi connectivity index (χ4n) is 1.96. The third-order valence-electron chi connectivity index (χ3n) is 2.95. The van der Waals surface area contributed by atoms with Crippen LogP contribution in [0.4, 0.5) is 0 Å². The van der Waals surface area contributed by atoms with E-state index in [0.717, 1.165) is 22.0 Å². The summed E-state index contributed by atoms with van der Waals surface area (Å²) in [6.45, 7) is 0. The lowest BCUT2D eigenvalue weighted by atomic mass is 10.1. The van der Waals surface area contributed by atoms with E-state index in [0.29, 0.717) is 0 Å². The molecule has 1 aromatic heterocycles. The Bertz CT molecular complexity index is 780. The van der Waals surface area contributed by atoms with Crippen molar-refractivity contribution in [1.29, 1.82) is 0 Å². The van der Waals surface area contributed by atoms with Crippen LogP contribution in [0.15, 0.2) is 66.9 Å². The minimum Gasteiger partial charge on any atom is -0.204 e. The summed E-state index contributed by atoms with van der Waals surface area (Å²) in [5, 5.41) is 2.25. The quantitative estimate of drug-likeness (QED) is 0.367. The Morgan fingerprint density at radius 2 is 1.47 bits per heavy atom. The van der Waals surface area contributed by atoms with Crippen LogP contribution in [0.5, 0.6) is 0 Å². The van der Waals surface area contributed by atoms with E-state index in [2.05, 4.69) is 17.9 Å². The molecule has 0 spiro atoms. The first-order chi connectivity index (χ1) is 9.33. The zero-order valence-electron chi connectivity index (χ0n) is 10.4. The van der Waals surface area contributed by atoms with Crippen LogP contribution in [0, 0.1) is 11.8 Å². The number of hydrogen-bond acceptors (Lipinski definition) is 1. The summed E-state index contributed by atoms with van der Waals surface area (Å²) in [7, 11) is 0. The maximum Gasteiger partial charge on any atom is 0.286 e. The molecule has 2 nitrogen and oxygen atoms in total. The standard InChI is InChI=1S/C17H13N2/c18-19-13-16-9-5-4-8-15(16)12-17(19)11-10-14-6-2-1-3-7-14/h1-9,12-13H,18H2/q+1. The molecule has 0 atom stereocenters. The van der Waals surface area contributed by atoms with Gasteiger partial charge in [0, 0.05) is 22.9 Å². The van der Waals surface area contributed by atoms with Crippen LogP contribution in [0.2, 0.25) is 0 Å². The summed E-state index contributed by atoms with van der Waals surface area (Å²) in [6, 6.07) is 20.0. The molecule has 19 heavy (non-hydrogen) atoms. The molecule has 0 saturated carbocycles. The summed E-state index contributed by atoms with van der Waals surface area (Å²) in [6.07, 6.45) is 1.89. The number of pyridine rings is 1. The van der Waals surface area contributed by atoms with Gasteiger partial charge in [-0.2, -0.15) is 0 Å². The second-order valence-corrected chi connectivity index (χ2v) is 4.31. The SMILES string of the molecule is N[n+]1cc2ccccc2cc1C#Cc1ccccc1. The molecule has 2 heteroatoms. The van der Waals surface area contributed by atoms with Crippen LogP contribution in [0.25, 0.3) is 10.8 Å². The number of hydrogen-bond donors (Lipinski definition) is 1. The van der Waals surface area contributed by atoms with Crippen molar-refractivity contribution < 1.29 is 4.68 Å². The predicted molar refractivity (Wildman–Crippen MR) is 76.7 cm³/mol. The zero-order chi connectivity index (χ0) is 13.1. The maximum atomic E-state index is 5.96. The monoisotopic (exact) mass is 245 g/mol. The van der Waals surface area contributed by atoms with Crippen molar-refractivity contribution in [2.24, 2.45) is 0 Å². The number of fused-ring (bicyclic) bond motifs is 1. The maximum absolute atomic E-state index is 5.96. The van der Waals surface area contributed by atoms with Gasteiger partial charge < -0.3 is 0 Å². The van der Waals surface area contributed by atoms with E-state index in [4.69, 9.17) is 5.84 Å². The lowest BCUT2D eigenvalue weighted by Crippen LogP contribution is -2.47. The van der Waals surface area contributed by atoms with Gasteiger partial charge >= 0.3 is 0 Å².